The van der Waals surface area contributed by atoms with E-state index in [1.165, 1.54) is 6.42 Å². The first-order valence-corrected chi connectivity index (χ1v) is 8.77. The molecule has 2 rings (SSSR count). The Morgan fingerprint density at radius 1 is 1.08 bits per heavy atom. The van der Waals surface area contributed by atoms with Gasteiger partial charge in [0, 0.05) is 11.5 Å². The Morgan fingerprint density at radius 3 is 2.48 bits per heavy atom. The largest absolute Gasteiger partial charge is 0.489 e. The highest BCUT2D eigenvalue weighted by molar-refractivity contribution is 5.80. The minimum absolute atomic E-state index is 0.287. The Labute approximate surface area is 151 Å². The minimum atomic E-state index is 0.287. The lowest BCUT2D eigenvalue weighted by Crippen LogP contribution is -2.20. The molecule has 1 aromatic heterocycles. The lowest BCUT2D eigenvalue weighted by atomic mass is 9.74. The van der Waals surface area contributed by atoms with Gasteiger partial charge >= 0.3 is 0 Å². The number of nitrogens with zero attached hydrogens (tertiary/aromatic N) is 2. The van der Waals surface area contributed by atoms with E-state index in [0.717, 1.165) is 23.1 Å². The third-order valence-corrected chi connectivity index (χ3v) is 3.97. The van der Waals surface area contributed by atoms with Gasteiger partial charge in [-0.15, -0.1) is 0 Å². The maximum atomic E-state index is 8.95. The molecular formula is C22H28N2O. The molecular weight excluding hydrogens is 308 g/mol. The maximum Gasteiger partial charge on any atom is 0.141 e. The van der Waals surface area contributed by atoms with Gasteiger partial charge in [0.25, 0.3) is 0 Å². The molecule has 0 aliphatic carbocycles. The van der Waals surface area contributed by atoms with Crippen molar-refractivity contribution in [2.24, 2.45) is 10.8 Å². The zero-order valence-corrected chi connectivity index (χ0v) is 16.0. The Hall–Kier alpha value is -2.34. The molecule has 2 aromatic rings. The van der Waals surface area contributed by atoms with Gasteiger partial charge < -0.3 is 4.74 Å². The van der Waals surface area contributed by atoms with Crippen molar-refractivity contribution in [2.45, 2.75) is 47.5 Å². The number of hydrogen-bond donors (Lipinski definition) is 0. The molecule has 0 N–H and O–H groups in total. The van der Waals surface area contributed by atoms with Crippen LogP contribution in [0, 0.1) is 22.2 Å². The predicted molar refractivity (Wildman–Crippen MR) is 104 cm³/mol. The molecule has 0 amide bonds. The fourth-order valence-corrected chi connectivity index (χ4v) is 3.37. The minimum Gasteiger partial charge on any atom is -0.489 e. The van der Waals surface area contributed by atoms with Crippen LogP contribution >= 0.6 is 0 Å². The molecule has 0 bridgehead atoms. The molecule has 132 valence electrons. The van der Waals surface area contributed by atoms with E-state index >= 15 is 0 Å². The van der Waals surface area contributed by atoms with Crippen LogP contribution in [0.15, 0.2) is 42.5 Å². The third kappa shape index (κ3) is 6.23. The quantitative estimate of drug-likeness (QED) is 0.617. The number of fused-ring (bicyclic) bond motifs is 1. The van der Waals surface area contributed by atoms with Crippen LogP contribution in [-0.2, 0) is 0 Å². The molecule has 0 aliphatic rings. The second-order valence-corrected chi connectivity index (χ2v) is 8.55. The highest BCUT2D eigenvalue weighted by atomic mass is 16.5. The molecule has 0 aliphatic heterocycles. The Kier molecular flexibility index (Phi) is 5.85. The molecule has 3 nitrogen and oxygen atoms in total. The van der Waals surface area contributed by atoms with Crippen molar-refractivity contribution in [1.82, 2.24) is 4.98 Å². The van der Waals surface area contributed by atoms with Crippen LogP contribution in [0.2, 0.25) is 0 Å². The van der Waals surface area contributed by atoms with Crippen LogP contribution in [0.1, 0.15) is 53.2 Å². The summed E-state index contributed by atoms with van der Waals surface area (Å²) in [6, 6.07) is 11.5. The zero-order chi connectivity index (χ0) is 18.5. The first-order valence-electron chi connectivity index (χ1n) is 8.77. The standard InChI is InChI=1S/C22H28N2O/c1-21(2,3)16-22(4,5)12-6-7-13-25-19-11-9-17-8-10-18(15-23)24-20(17)14-19/h6-11,14H,12-13,16H2,1-5H3. The molecule has 0 radical (unpaired) electrons. The van der Waals surface area contributed by atoms with Crippen LogP contribution in [0.3, 0.4) is 0 Å². The topological polar surface area (TPSA) is 45.9 Å². The molecule has 1 heterocycles. The Bertz CT molecular complexity index is 792. The van der Waals surface area contributed by atoms with Gasteiger partial charge in [0.05, 0.1) is 5.52 Å². The number of aromatic nitrogens is 1. The van der Waals surface area contributed by atoms with E-state index in [-0.39, 0.29) is 5.41 Å². The summed E-state index contributed by atoms with van der Waals surface area (Å²) in [5, 5.41) is 9.96. The summed E-state index contributed by atoms with van der Waals surface area (Å²) >= 11 is 0. The van der Waals surface area contributed by atoms with Crippen molar-refractivity contribution in [3.63, 3.8) is 0 Å². The third-order valence-electron chi connectivity index (χ3n) is 3.97. The summed E-state index contributed by atoms with van der Waals surface area (Å²) < 4.78 is 5.79. The second-order valence-electron chi connectivity index (χ2n) is 8.55. The molecule has 1 aromatic carbocycles. The van der Waals surface area contributed by atoms with Gasteiger partial charge in [-0.2, -0.15) is 5.26 Å². The van der Waals surface area contributed by atoms with Crippen LogP contribution in [0.25, 0.3) is 10.9 Å². The van der Waals surface area contributed by atoms with E-state index in [1.807, 2.05) is 24.3 Å². The fraction of sp³-hybridized carbons (Fsp3) is 0.455. The van der Waals surface area contributed by atoms with Crippen LogP contribution < -0.4 is 4.74 Å². The summed E-state index contributed by atoms with van der Waals surface area (Å²) in [5.41, 5.74) is 1.83. The highest BCUT2D eigenvalue weighted by Crippen LogP contribution is 2.35. The van der Waals surface area contributed by atoms with Crippen molar-refractivity contribution < 1.29 is 4.74 Å². The highest BCUT2D eigenvalue weighted by Gasteiger charge is 2.23. The Morgan fingerprint density at radius 2 is 1.80 bits per heavy atom. The number of allylic oxidation sites excluding steroid dienone is 1. The van der Waals surface area contributed by atoms with Gasteiger partial charge in [0.1, 0.15) is 24.1 Å². The lowest BCUT2D eigenvalue weighted by molar-refractivity contribution is 0.214. The molecule has 0 saturated carbocycles. The van der Waals surface area contributed by atoms with E-state index in [1.54, 1.807) is 6.07 Å². The number of hydrogen-bond acceptors (Lipinski definition) is 3. The summed E-state index contributed by atoms with van der Waals surface area (Å²) in [4.78, 5) is 4.31. The molecule has 0 atom stereocenters. The Balaban J connectivity index is 1.91. The maximum absolute atomic E-state index is 8.95. The van der Waals surface area contributed by atoms with Gasteiger partial charge in [0.2, 0.25) is 0 Å². The van der Waals surface area contributed by atoms with Crippen molar-refractivity contribution >= 4 is 10.9 Å². The van der Waals surface area contributed by atoms with E-state index in [9.17, 15) is 0 Å². The second kappa shape index (κ2) is 7.70. The van der Waals surface area contributed by atoms with Gasteiger partial charge in [-0.25, -0.2) is 4.98 Å². The van der Waals surface area contributed by atoms with Crippen molar-refractivity contribution in [1.29, 1.82) is 5.26 Å². The van der Waals surface area contributed by atoms with Crippen molar-refractivity contribution in [2.75, 3.05) is 6.61 Å². The van der Waals surface area contributed by atoms with Crippen molar-refractivity contribution in [3.05, 3.63) is 48.2 Å². The molecule has 0 saturated heterocycles. The molecule has 3 heteroatoms. The molecule has 25 heavy (non-hydrogen) atoms. The van der Waals surface area contributed by atoms with Gasteiger partial charge in [0.15, 0.2) is 0 Å². The summed E-state index contributed by atoms with van der Waals surface area (Å²) in [6.07, 6.45) is 6.51. The zero-order valence-electron chi connectivity index (χ0n) is 16.0. The smallest absolute Gasteiger partial charge is 0.141 e. The van der Waals surface area contributed by atoms with E-state index < -0.39 is 0 Å². The summed E-state index contributed by atoms with van der Waals surface area (Å²) in [5.74, 6) is 0.772. The molecule has 0 spiro atoms. The average Bonchev–Trinajstić information content (AvgIpc) is 2.51. The molecule has 0 unspecified atom stereocenters. The number of pyridine rings is 1. The number of ether oxygens (including phenoxy) is 1. The number of nitriles is 1. The lowest BCUT2D eigenvalue weighted by Gasteiger charge is -2.31. The summed E-state index contributed by atoms with van der Waals surface area (Å²) in [6.45, 7) is 12.0. The fourth-order valence-electron chi connectivity index (χ4n) is 3.37. The monoisotopic (exact) mass is 336 g/mol. The first-order chi connectivity index (χ1) is 11.7. The van der Waals surface area contributed by atoms with Crippen LogP contribution in [0.5, 0.6) is 5.75 Å². The molecule has 0 fully saturated rings. The average molecular weight is 336 g/mol. The predicted octanol–water partition coefficient (Wildman–Crippen LogP) is 5.89. The van der Waals surface area contributed by atoms with Crippen LogP contribution in [-0.4, -0.2) is 11.6 Å². The SMILES string of the molecule is CC(C)(C)CC(C)(C)CC=CCOc1ccc2ccc(C#N)nc2c1. The van der Waals surface area contributed by atoms with Gasteiger partial charge in [-0.05, 0) is 47.9 Å². The van der Waals surface area contributed by atoms with Gasteiger partial charge in [-0.3, -0.25) is 0 Å². The normalized spacial score (nSPS) is 12.5. The first kappa shape index (κ1) is 19.0. The summed E-state index contributed by atoms with van der Waals surface area (Å²) in [7, 11) is 0. The van der Waals surface area contributed by atoms with Crippen molar-refractivity contribution in [3.8, 4) is 11.8 Å². The van der Waals surface area contributed by atoms with Crippen LogP contribution in [0.4, 0.5) is 0 Å². The van der Waals surface area contributed by atoms with E-state index in [2.05, 4.69) is 57.8 Å². The number of rotatable bonds is 6. The number of benzene rings is 1. The van der Waals surface area contributed by atoms with E-state index in [4.69, 9.17) is 10.00 Å². The van der Waals surface area contributed by atoms with Gasteiger partial charge in [-0.1, -0.05) is 46.8 Å². The van der Waals surface area contributed by atoms with E-state index in [0.29, 0.717) is 17.7 Å².